The molecule has 1 aromatic rings. The lowest BCUT2D eigenvalue weighted by atomic mass is 10.1. The number of amides is 1. The molecule has 6 heteroatoms. The Morgan fingerprint density at radius 1 is 1.42 bits per heavy atom. The Balaban J connectivity index is 1.80. The molecule has 0 saturated carbocycles. The van der Waals surface area contributed by atoms with Crippen LogP contribution in [0.4, 0.5) is 5.69 Å². The van der Waals surface area contributed by atoms with Crippen LogP contribution in [0, 0.1) is 10.1 Å². The number of nitro groups is 1. The minimum atomic E-state index is -0.479. The highest BCUT2D eigenvalue weighted by Gasteiger charge is 2.14. The first-order valence-corrected chi connectivity index (χ1v) is 6.43. The maximum atomic E-state index is 11.8. The molecule has 0 radical (unpaired) electrons. The standard InChI is InChI=1S/C13H17N3O3/c17-13(15-9-7-11-2-1-8-14-11)10-3-5-12(6-4-10)16(18)19/h3-6,11,14H,1-2,7-9H2,(H,15,17)/t11-/m1/s1. The van der Waals surface area contributed by atoms with Gasteiger partial charge in [0.2, 0.25) is 0 Å². The van der Waals surface area contributed by atoms with Crippen LogP contribution in [0.2, 0.25) is 0 Å². The number of nitro benzene ring substituents is 1. The summed E-state index contributed by atoms with van der Waals surface area (Å²) in [6, 6.07) is 6.13. The SMILES string of the molecule is O=C(NCC[C@H]1CCCN1)c1ccc([N+](=O)[O-])cc1. The molecule has 0 aromatic heterocycles. The van der Waals surface area contributed by atoms with E-state index in [1.54, 1.807) is 0 Å². The third-order valence-corrected chi connectivity index (χ3v) is 3.28. The Labute approximate surface area is 111 Å². The van der Waals surface area contributed by atoms with Crippen molar-refractivity contribution in [3.8, 4) is 0 Å². The van der Waals surface area contributed by atoms with E-state index in [1.165, 1.54) is 30.7 Å². The van der Waals surface area contributed by atoms with Crippen LogP contribution >= 0.6 is 0 Å². The lowest BCUT2D eigenvalue weighted by Gasteiger charge is -2.10. The Kier molecular flexibility index (Phi) is 4.46. The van der Waals surface area contributed by atoms with Gasteiger partial charge in [-0.15, -0.1) is 0 Å². The number of non-ortho nitro benzene ring substituents is 1. The van der Waals surface area contributed by atoms with Crippen LogP contribution in [-0.2, 0) is 0 Å². The summed E-state index contributed by atoms with van der Waals surface area (Å²) < 4.78 is 0. The number of carbonyl (C=O) groups is 1. The third-order valence-electron chi connectivity index (χ3n) is 3.28. The van der Waals surface area contributed by atoms with E-state index >= 15 is 0 Å². The molecule has 1 aliphatic heterocycles. The highest BCUT2D eigenvalue weighted by Crippen LogP contribution is 2.12. The normalized spacial score (nSPS) is 18.2. The van der Waals surface area contributed by atoms with Gasteiger partial charge in [0.05, 0.1) is 4.92 Å². The predicted molar refractivity (Wildman–Crippen MR) is 71.1 cm³/mol. The van der Waals surface area contributed by atoms with Gasteiger partial charge in [-0.3, -0.25) is 14.9 Å². The second-order valence-electron chi connectivity index (χ2n) is 4.64. The largest absolute Gasteiger partial charge is 0.352 e. The first-order valence-electron chi connectivity index (χ1n) is 6.43. The van der Waals surface area contributed by atoms with Crippen molar-refractivity contribution in [2.24, 2.45) is 0 Å². The van der Waals surface area contributed by atoms with Crippen LogP contribution in [0.5, 0.6) is 0 Å². The van der Waals surface area contributed by atoms with Gasteiger partial charge in [0.25, 0.3) is 11.6 Å². The van der Waals surface area contributed by atoms with Crippen LogP contribution in [0.25, 0.3) is 0 Å². The highest BCUT2D eigenvalue weighted by molar-refractivity contribution is 5.94. The van der Waals surface area contributed by atoms with Gasteiger partial charge in [-0.2, -0.15) is 0 Å². The molecule has 1 heterocycles. The van der Waals surface area contributed by atoms with E-state index in [0.717, 1.165) is 19.4 Å². The molecule has 2 rings (SSSR count). The second kappa shape index (κ2) is 6.29. The van der Waals surface area contributed by atoms with E-state index < -0.39 is 4.92 Å². The molecular weight excluding hydrogens is 246 g/mol. The van der Waals surface area contributed by atoms with Crippen molar-refractivity contribution in [1.29, 1.82) is 0 Å². The zero-order chi connectivity index (χ0) is 13.7. The highest BCUT2D eigenvalue weighted by atomic mass is 16.6. The average molecular weight is 263 g/mol. The van der Waals surface area contributed by atoms with Gasteiger partial charge in [-0.05, 0) is 37.9 Å². The van der Waals surface area contributed by atoms with Crippen LogP contribution in [0.15, 0.2) is 24.3 Å². The first-order chi connectivity index (χ1) is 9.16. The lowest BCUT2D eigenvalue weighted by molar-refractivity contribution is -0.384. The number of benzene rings is 1. The molecule has 19 heavy (non-hydrogen) atoms. The molecule has 2 N–H and O–H groups in total. The minimum absolute atomic E-state index is 0.00768. The van der Waals surface area contributed by atoms with E-state index in [1.807, 2.05) is 0 Å². The van der Waals surface area contributed by atoms with E-state index in [0.29, 0.717) is 18.2 Å². The number of rotatable bonds is 5. The van der Waals surface area contributed by atoms with Crippen molar-refractivity contribution < 1.29 is 9.72 Å². The molecule has 102 valence electrons. The minimum Gasteiger partial charge on any atom is -0.352 e. The number of carbonyl (C=O) groups excluding carboxylic acids is 1. The molecule has 0 spiro atoms. The van der Waals surface area contributed by atoms with Crippen LogP contribution < -0.4 is 10.6 Å². The quantitative estimate of drug-likeness (QED) is 0.622. The van der Waals surface area contributed by atoms with Gasteiger partial charge in [-0.1, -0.05) is 0 Å². The molecule has 1 fully saturated rings. The molecule has 6 nitrogen and oxygen atoms in total. The van der Waals surface area contributed by atoms with Crippen LogP contribution in [-0.4, -0.2) is 30.0 Å². The Hall–Kier alpha value is -1.95. The summed E-state index contributed by atoms with van der Waals surface area (Å²) in [5.74, 6) is -0.187. The van der Waals surface area contributed by atoms with Gasteiger partial charge >= 0.3 is 0 Å². The van der Waals surface area contributed by atoms with Gasteiger partial charge in [0, 0.05) is 30.3 Å². The fraction of sp³-hybridized carbons (Fsp3) is 0.462. The Morgan fingerprint density at radius 2 is 2.16 bits per heavy atom. The van der Waals surface area contributed by atoms with E-state index in [-0.39, 0.29) is 11.6 Å². The summed E-state index contributed by atoms with van der Waals surface area (Å²) in [5.41, 5.74) is 0.441. The number of hydrogen-bond donors (Lipinski definition) is 2. The van der Waals surface area contributed by atoms with Crippen molar-refractivity contribution in [2.75, 3.05) is 13.1 Å². The van der Waals surface area contributed by atoms with Crippen molar-refractivity contribution in [1.82, 2.24) is 10.6 Å². The predicted octanol–water partition coefficient (Wildman–Crippen LogP) is 1.47. The van der Waals surface area contributed by atoms with Crippen molar-refractivity contribution in [3.63, 3.8) is 0 Å². The third kappa shape index (κ3) is 3.75. The smallest absolute Gasteiger partial charge is 0.269 e. The Bertz CT molecular complexity index is 453. The molecule has 0 unspecified atom stereocenters. The molecule has 1 saturated heterocycles. The molecule has 1 aromatic carbocycles. The van der Waals surface area contributed by atoms with E-state index in [4.69, 9.17) is 0 Å². The van der Waals surface area contributed by atoms with Crippen LogP contribution in [0.3, 0.4) is 0 Å². The zero-order valence-electron chi connectivity index (χ0n) is 10.6. The van der Waals surface area contributed by atoms with Crippen molar-refractivity contribution in [2.45, 2.75) is 25.3 Å². The fourth-order valence-electron chi connectivity index (χ4n) is 2.20. The zero-order valence-corrected chi connectivity index (χ0v) is 10.6. The second-order valence-corrected chi connectivity index (χ2v) is 4.64. The monoisotopic (exact) mass is 263 g/mol. The van der Waals surface area contributed by atoms with Crippen molar-refractivity contribution >= 4 is 11.6 Å². The summed E-state index contributed by atoms with van der Waals surface area (Å²) in [6.45, 7) is 1.68. The molecule has 0 aliphatic carbocycles. The lowest BCUT2D eigenvalue weighted by Crippen LogP contribution is -2.30. The molecule has 1 aliphatic rings. The fourth-order valence-corrected chi connectivity index (χ4v) is 2.20. The maximum Gasteiger partial charge on any atom is 0.269 e. The number of nitrogens with one attached hydrogen (secondary N) is 2. The Morgan fingerprint density at radius 3 is 2.74 bits per heavy atom. The van der Waals surface area contributed by atoms with Gasteiger partial charge in [-0.25, -0.2) is 0 Å². The summed E-state index contributed by atoms with van der Waals surface area (Å²) in [7, 11) is 0. The first kappa shape index (κ1) is 13.5. The maximum absolute atomic E-state index is 11.8. The summed E-state index contributed by atoms with van der Waals surface area (Å²) >= 11 is 0. The molecular formula is C13H17N3O3. The van der Waals surface area contributed by atoms with Gasteiger partial charge < -0.3 is 10.6 Å². The van der Waals surface area contributed by atoms with Crippen LogP contribution in [0.1, 0.15) is 29.6 Å². The molecule has 1 amide bonds. The van der Waals surface area contributed by atoms with E-state index in [9.17, 15) is 14.9 Å². The summed E-state index contributed by atoms with van der Waals surface area (Å²) in [6.07, 6.45) is 3.27. The number of hydrogen-bond acceptors (Lipinski definition) is 4. The summed E-state index contributed by atoms with van der Waals surface area (Å²) in [4.78, 5) is 21.8. The molecule has 1 atom stereocenters. The van der Waals surface area contributed by atoms with Gasteiger partial charge in [0.1, 0.15) is 0 Å². The average Bonchev–Trinajstić information content (AvgIpc) is 2.92. The molecule has 0 bridgehead atoms. The van der Waals surface area contributed by atoms with Gasteiger partial charge in [0.15, 0.2) is 0 Å². The summed E-state index contributed by atoms with van der Waals surface area (Å²) in [5, 5.41) is 16.7. The topological polar surface area (TPSA) is 84.3 Å². The van der Waals surface area contributed by atoms with E-state index in [2.05, 4.69) is 10.6 Å². The number of nitrogens with zero attached hydrogens (tertiary/aromatic N) is 1. The van der Waals surface area contributed by atoms with Crippen molar-refractivity contribution in [3.05, 3.63) is 39.9 Å².